The van der Waals surface area contributed by atoms with Crippen molar-refractivity contribution >= 4 is 22.9 Å². The topological polar surface area (TPSA) is 79.5 Å². The quantitative estimate of drug-likeness (QED) is 0.726. The number of aliphatic imine (C=N–C) groups is 1. The zero-order chi connectivity index (χ0) is 15.5. The fourth-order valence-corrected chi connectivity index (χ4v) is 2.19. The van der Waals surface area contributed by atoms with Crippen molar-refractivity contribution < 1.29 is 9.47 Å². The number of H-pyrrole nitrogens is 2. The van der Waals surface area contributed by atoms with E-state index in [2.05, 4.69) is 15.0 Å². The highest BCUT2D eigenvalue weighted by molar-refractivity contribution is 5.87. The van der Waals surface area contributed by atoms with Gasteiger partial charge in [0.15, 0.2) is 0 Å². The molecule has 0 aliphatic carbocycles. The Morgan fingerprint density at radius 3 is 2.59 bits per heavy atom. The number of ether oxygens (including phenoxy) is 2. The average molecular weight is 297 g/mol. The molecular formula is C16H15N3O3. The molecule has 0 saturated heterocycles. The first-order chi connectivity index (χ1) is 10.7. The van der Waals surface area contributed by atoms with Gasteiger partial charge in [-0.15, -0.1) is 0 Å². The third kappa shape index (κ3) is 2.71. The van der Waals surface area contributed by atoms with Crippen LogP contribution in [-0.4, -0.2) is 30.4 Å². The van der Waals surface area contributed by atoms with Crippen LogP contribution in [0, 0.1) is 0 Å². The Morgan fingerprint density at radius 1 is 1.00 bits per heavy atom. The molecule has 3 aromatic rings. The SMILES string of the molecule is COc1ccc(OC)c(C=Nc2ccc3[nH]c(=O)[nH]c3c2)c1. The molecule has 6 heteroatoms. The standard InChI is InChI=1S/C16H15N3O3/c1-21-12-4-6-15(22-2)10(7-12)9-17-11-3-5-13-14(8-11)19-16(20)18-13/h3-9H,1-2H3,(H2,18,19,20). The summed E-state index contributed by atoms with van der Waals surface area (Å²) in [6.45, 7) is 0. The molecule has 0 unspecified atom stereocenters. The van der Waals surface area contributed by atoms with Crippen LogP contribution in [0.15, 0.2) is 46.2 Å². The molecule has 0 atom stereocenters. The van der Waals surface area contributed by atoms with Gasteiger partial charge in [0.2, 0.25) is 0 Å². The van der Waals surface area contributed by atoms with Crippen LogP contribution < -0.4 is 15.2 Å². The van der Waals surface area contributed by atoms with E-state index in [0.29, 0.717) is 5.75 Å². The van der Waals surface area contributed by atoms with Crippen molar-refractivity contribution in [1.82, 2.24) is 9.97 Å². The number of aromatic nitrogens is 2. The van der Waals surface area contributed by atoms with Gasteiger partial charge in [-0.25, -0.2) is 4.79 Å². The van der Waals surface area contributed by atoms with Crippen LogP contribution in [0.1, 0.15) is 5.56 Å². The van der Waals surface area contributed by atoms with E-state index >= 15 is 0 Å². The third-order valence-electron chi connectivity index (χ3n) is 3.29. The molecule has 0 aliphatic heterocycles. The average Bonchev–Trinajstić information content (AvgIpc) is 2.91. The summed E-state index contributed by atoms with van der Waals surface area (Å²) in [4.78, 5) is 21.1. The minimum Gasteiger partial charge on any atom is -0.497 e. The summed E-state index contributed by atoms with van der Waals surface area (Å²) in [6, 6.07) is 10.9. The highest BCUT2D eigenvalue weighted by Crippen LogP contribution is 2.24. The molecule has 0 bridgehead atoms. The number of hydrogen-bond donors (Lipinski definition) is 2. The largest absolute Gasteiger partial charge is 0.497 e. The van der Waals surface area contributed by atoms with E-state index in [1.165, 1.54) is 0 Å². The Hall–Kier alpha value is -3.02. The number of benzene rings is 2. The lowest BCUT2D eigenvalue weighted by atomic mass is 10.2. The summed E-state index contributed by atoms with van der Waals surface area (Å²) < 4.78 is 10.5. The fraction of sp³-hybridized carbons (Fsp3) is 0.125. The number of rotatable bonds is 4. The highest BCUT2D eigenvalue weighted by atomic mass is 16.5. The minimum absolute atomic E-state index is 0.231. The highest BCUT2D eigenvalue weighted by Gasteiger charge is 2.03. The Morgan fingerprint density at radius 2 is 1.82 bits per heavy atom. The number of methoxy groups -OCH3 is 2. The van der Waals surface area contributed by atoms with E-state index in [4.69, 9.17) is 9.47 Å². The Labute approximate surface area is 126 Å². The molecule has 0 aliphatic rings. The number of imidazole rings is 1. The second-order valence-corrected chi connectivity index (χ2v) is 4.68. The summed E-state index contributed by atoms with van der Waals surface area (Å²) in [7, 11) is 3.22. The van der Waals surface area contributed by atoms with E-state index in [1.54, 1.807) is 26.5 Å². The second-order valence-electron chi connectivity index (χ2n) is 4.68. The predicted molar refractivity (Wildman–Crippen MR) is 85.7 cm³/mol. The van der Waals surface area contributed by atoms with Gasteiger partial charge in [-0.3, -0.25) is 4.99 Å². The van der Waals surface area contributed by atoms with Crippen molar-refractivity contribution in [2.75, 3.05) is 14.2 Å². The molecule has 0 amide bonds. The van der Waals surface area contributed by atoms with Gasteiger partial charge in [0, 0.05) is 11.8 Å². The van der Waals surface area contributed by atoms with Crippen molar-refractivity contribution in [2.24, 2.45) is 4.99 Å². The van der Waals surface area contributed by atoms with Gasteiger partial charge in [-0.05, 0) is 36.4 Å². The first kappa shape index (κ1) is 13.9. The van der Waals surface area contributed by atoms with Crippen molar-refractivity contribution in [2.45, 2.75) is 0 Å². The first-order valence-corrected chi connectivity index (χ1v) is 6.68. The molecule has 0 spiro atoms. The predicted octanol–water partition coefficient (Wildman–Crippen LogP) is 2.62. The Balaban J connectivity index is 1.96. The minimum atomic E-state index is -0.231. The molecule has 2 aromatic carbocycles. The molecule has 1 heterocycles. The maximum atomic E-state index is 11.3. The first-order valence-electron chi connectivity index (χ1n) is 6.68. The smallest absolute Gasteiger partial charge is 0.323 e. The summed E-state index contributed by atoms with van der Waals surface area (Å²) in [6.07, 6.45) is 1.70. The van der Waals surface area contributed by atoms with Gasteiger partial charge < -0.3 is 19.4 Å². The van der Waals surface area contributed by atoms with Crippen molar-refractivity contribution in [3.8, 4) is 11.5 Å². The summed E-state index contributed by atoms with van der Waals surface area (Å²) in [5.41, 5.74) is 2.78. The fourth-order valence-electron chi connectivity index (χ4n) is 2.19. The molecule has 2 N–H and O–H groups in total. The van der Waals surface area contributed by atoms with Gasteiger partial charge in [-0.1, -0.05) is 0 Å². The molecule has 1 aromatic heterocycles. The van der Waals surface area contributed by atoms with Crippen LogP contribution in [-0.2, 0) is 0 Å². The summed E-state index contributed by atoms with van der Waals surface area (Å²) >= 11 is 0. The third-order valence-corrected chi connectivity index (χ3v) is 3.29. The van der Waals surface area contributed by atoms with Gasteiger partial charge in [-0.2, -0.15) is 0 Å². The number of hydrogen-bond acceptors (Lipinski definition) is 4. The van der Waals surface area contributed by atoms with Crippen molar-refractivity contribution in [1.29, 1.82) is 0 Å². The summed E-state index contributed by atoms with van der Waals surface area (Å²) in [5.74, 6) is 1.44. The summed E-state index contributed by atoms with van der Waals surface area (Å²) in [5, 5.41) is 0. The van der Waals surface area contributed by atoms with Gasteiger partial charge in [0.25, 0.3) is 0 Å². The van der Waals surface area contributed by atoms with Crippen LogP contribution in [0.25, 0.3) is 11.0 Å². The molecular weight excluding hydrogens is 282 g/mol. The van der Waals surface area contributed by atoms with Crippen LogP contribution in [0.4, 0.5) is 5.69 Å². The number of fused-ring (bicyclic) bond motifs is 1. The maximum absolute atomic E-state index is 11.3. The molecule has 22 heavy (non-hydrogen) atoms. The van der Waals surface area contributed by atoms with Gasteiger partial charge in [0.1, 0.15) is 11.5 Å². The van der Waals surface area contributed by atoms with E-state index in [9.17, 15) is 4.79 Å². The van der Waals surface area contributed by atoms with Crippen LogP contribution in [0.2, 0.25) is 0 Å². The Bertz CT molecular complexity index is 893. The van der Waals surface area contributed by atoms with E-state index < -0.39 is 0 Å². The Kier molecular flexibility index (Phi) is 3.65. The zero-order valence-electron chi connectivity index (χ0n) is 12.2. The molecule has 6 nitrogen and oxygen atoms in total. The molecule has 0 radical (unpaired) electrons. The number of nitrogens with one attached hydrogen (secondary N) is 2. The van der Waals surface area contributed by atoms with Crippen LogP contribution in [0.5, 0.6) is 11.5 Å². The van der Waals surface area contributed by atoms with E-state index in [-0.39, 0.29) is 5.69 Å². The zero-order valence-corrected chi connectivity index (χ0v) is 12.2. The van der Waals surface area contributed by atoms with Crippen molar-refractivity contribution in [3.63, 3.8) is 0 Å². The molecule has 0 saturated carbocycles. The number of nitrogens with zero attached hydrogens (tertiary/aromatic N) is 1. The second kappa shape index (κ2) is 5.77. The van der Waals surface area contributed by atoms with Crippen LogP contribution >= 0.6 is 0 Å². The number of aromatic amines is 2. The molecule has 0 fully saturated rings. The lowest BCUT2D eigenvalue weighted by molar-refractivity contribution is 0.402. The van der Waals surface area contributed by atoms with E-state index in [1.807, 2.05) is 30.3 Å². The molecule has 3 rings (SSSR count). The van der Waals surface area contributed by atoms with E-state index in [0.717, 1.165) is 28.0 Å². The maximum Gasteiger partial charge on any atom is 0.323 e. The van der Waals surface area contributed by atoms with Gasteiger partial charge >= 0.3 is 5.69 Å². The van der Waals surface area contributed by atoms with Gasteiger partial charge in [0.05, 0.1) is 30.9 Å². The monoisotopic (exact) mass is 297 g/mol. The molecule has 112 valence electrons. The lowest BCUT2D eigenvalue weighted by Crippen LogP contribution is -1.99. The van der Waals surface area contributed by atoms with Crippen LogP contribution in [0.3, 0.4) is 0 Å². The van der Waals surface area contributed by atoms with Crippen molar-refractivity contribution in [3.05, 3.63) is 52.4 Å². The normalized spacial score (nSPS) is 11.2. The lowest BCUT2D eigenvalue weighted by Gasteiger charge is -2.06.